The fourth-order valence-electron chi connectivity index (χ4n) is 6.71. The lowest BCUT2D eigenvalue weighted by Crippen LogP contribution is -2.42. The molecule has 1 nitrogen and oxygen atoms in total. The number of aromatic nitrogens is 1. The predicted molar refractivity (Wildman–Crippen MR) is 166 cm³/mol. The Kier molecular flexibility index (Phi) is 5.75. The van der Waals surface area contributed by atoms with E-state index < -0.39 is 5.41 Å². The highest BCUT2D eigenvalue weighted by Gasteiger charge is 2.49. The normalized spacial score (nSPS) is 14.7. The van der Waals surface area contributed by atoms with Gasteiger partial charge in [0.2, 0.25) is 0 Å². The fourth-order valence-corrected chi connectivity index (χ4v) is 6.71. The molecule has 5 aromatic carbocycles. The molecule has 0 radical (unpaired) electrons. The first-order chi connectivity index (χ1) is 19.6. The van der Waals surface area contributed by atoms with E-state index in [9.17, 15) is 0 Å². The average Bonchev–Trinajstić information content (AvgIpc) is 3.03. The van der Waals surface area contributed by atoms with Crippen molar-refractivity contribution in [2.75, 3.05) is 0 Å². The van der Waals surface area contributed by atoms with Gasteiger partial charge in [-0.3, -0.25) is 4.98 Å². The molecule has 7 rings (SSSR count). The standard InChI is InChI=1S/C39H31N/c1-38(2)32-21-9-11-23-34(32)39(35-24-12-10-22-33(35)38,31-20-13-19-30(27-31)28-15-5-3-6-16-28)37-26-14-25-36(40-37)29-17-7-4-8-18-29/h3-27H,1-2H3. The van der Waals surface area contributed by atoms with Crippen LogP contribution in [0, 0.1) is 0 Å². The second-order valence-electron chi connectivity index (χ2n) is 11.2. The Bertz CT molecular complexity index is 1680. The van der Waals surface area contributed by atoms with Crippen LogP contribution in [-0.2, 0) is 10.8 Å². The lowest BCUT2D eigenvalue weighted by atomic mass is 9.55. The Morgan fingerprint density at radius 1 is 0.425 bits per heavy atom. The molecule has 6 aromatic rings. The molecule has 1 aliphatic carbocycles. The monoisotopic (exact) mass is 513 g/mol. The van der Waals surface area contributed by atoms with Crippen LogP contribution in [0.2, 0.25) is 0 Å². The molecule has 1 aliphatic rings. The Hall–Kier alpha value is -4.75. The number of fused-ring (bicyclic) bond motifs is 2. The summed E-state index contributed by atoms with van der Waals surface area (Å²) in [7, 11) is 0. The lowest BCUT2D eigenvalue weighted by molar-refractivity contribution is 0.552. The van der Waals surface area contributed by atoms with Gasteiger partial charge in [-0.05, 0) is 57.1 Å². The third-order valence-corrected chi connectivity index (χ3v) is 8.61. The first-order valence-electron chi connectivity index (χ1n) is 14.0. The summed E-state index contributed by atoms with van der Waals surface area (Å²) in [5.74, 6) is 0. The number of pyridine rings is 1. The van der Waals surface area contributed by atoms with Gasteiger partial charge in [-0.2, -0.15) is 0 Å². The van der Waals surface area contributed by atoms with Crippen LogP contribution in [0.4, 0.5) is 0 Å². The quantitative estimate of drug-likeness (QED) is 0.229. The number of rotatable bonds is 4. The first-order valence-corrected chi connectivity index (χ1v) is 14.0. The summed E-state index contributed by atoms with van der Waals surface area (Å²) in [5.41, 5.74) is 11.3. The van der Waals surface area contributed by atoms with E-state index in [0.717, 1.165) is 17.0 Å². The van der Waals surface area contributed by atoms with Crippen LogP contribution in [0.15, 0.2) is 152 Å². The minimum Gasteiger partial charge on any atom is -0.251 e. The minimum atomic E-state index is -0.585. The largest absolute Gasteiger partial charge is 0.251 e. The van der Waals surface area contributed by atoms with Crippen molar-refractivity contribution in [3.63, 3.8) is 0 Å². The van der Waals surface area contributed by atoms with Gasteiger partial charge in [0, 0.05) is 11.0 Å². The van der Waals surface area contributed by atoms with Crippen LogP contribution >= 0.6 is 0 Å². The number of benzene rings is 5. The van der Waals surface area contributed by atoms with Gasteiger partial charge in [-0.25, -0.2) is 0 Å². The van der Waals surface area contributed by atoms with Crippen LogP contribution in [-0.4, -0.2) is 4.98 Å². The highest BCUT2D eigenvalue weighted by atomic mass is 14.8. The SMILES string of the molecule is CC1(C)c2ccccc2C(c2cccc(-c3ccccc3)c2)(c2cccc(-c3ccccc3)n2)c2ccccc21. The van der Waals surface area contributed by atoms with E-state index >= 15 is 0 Å². The smallest absolute Gasteiger partial charge is 0.0880 e. The lowest BCUT2D eigenvalue weighted by Gasteiger charge is -2.47. The predicted octanol–water partition coefficient (Wildman–Crippen LogP) is 9.44. The van der Waals surface area contributed by atoms with Crippen LogP contribution in [0.3, 0.4) is 0 Å². The van der Waals surface area contributed by atoms with Gasteiger partial charge in [0.15, 0.2) is 0 Å². The molecule has 0 N–H and O–H groups in total. The average molecular weight is 514 g/mol. The van der Waals surface area contributed by atoms with E-state index in [0.29, 0.717) is 0 Å². The zero-order valence-corrected chi connectivity index (χ0v) is 22.9. The number of hydrogen-bond donors (Lipinski definition) is 0. The Morgan fingerprint density at radius 2 is 0.925 bits per heavy atom. The van der Waals surface area contributed by atoms with E-state index in [1.54, 1.807) is 0 Å². The fraction of sp³-hybridized carbons (Fsp3) is 0.103. The minimum absolute atomic E-state index is 0.148. The van der Waals surface area contributed by atoms with Crippen molar-refractivity contribution in [3.8, 4) is 22.4 Å². The molecule has 0 amide bonds. The molecule has 192 valence electrons. The molecule has 1 heteroatoms. The van der Waals surface area contributed by atoms with Crippen LogP contribution in [0.25, 0.3) is 22.4 Å². The van der Waals surface area contributed by atoms with E-state index in [4.69, 9.17) is 4.98 Å². The maximum atomic E-state index is 5.46. The Labute approximate surface area is 236 Å². The number of hydrogen-bond acceptors (Lipinski definition) is 1. The van der Waals surface area contributed by atoms with E-state index in [1.165, 1.54) is 38.9 Å². The van der Waals surface area contributed by atoms with Crippen molar-refractivity contribution in [3.05, 3.63) is 185 Å². The second-order valence-corrected chi connectivity index (χ2v) is 11.2. The molecule has 0 fully saturated rings. The molecular formula is C39H31N. The van der Waals surface area contributed by atoms with Gasteiger partial charge >= 0.3 is 0 Å². The van der Waals surface area contributed by atoms with Gasteiger partial charge in [-0.1, -0.05) is 147 Å². The van der Waals surface area contributed by atoms with Crippen molar-refractivity contribution >= 4 is 0 Å². The first kappa shape index (κ1) is 24.3. The third-order valence-electron chi connectivity index (χ3n) is 8.61. The van der Waals surface area contributed by atoms with Crippen LogP contribution < -0.4 is 0 Å². The van der Waals surface area contributed by atoms with Gasteiger partial charge < -0.3 is 0 Å². The maximum Gasteiger partial charge on any atom is 0.0880 e. The van der Waals surface area contributed by atoms with Gasteiger partial charge in [0.25, 0.3) is 0 Å². The Morgan fingerprint density at radius 3 is 1.55 bits per heavy atom. The summed E-state index contributed by atoms with van der Waals surface area (Å²) < 4.78 is 0. The molecule has 0 atom stereocenters. The van der Waals surface area contributed by atoms with Gasteiger partial charge in [0.05, 0.1) is 16.8 Å². The summed E-state index contributed by atoms with van der Waals surface area (Å²) >= 11 is 0. The summed E-state index contributed by atoms with van der Waals surface area (Å²) in [6.07, 6.45) is 0. The van der Waals surface area contributed by atoms with Crippen molar-refractivity contribution in [1.82, 2.24) is 4.98 Å². The van der Waals surface area contributed by atoms with Crippen LogP contribution in [0.1, 0.15) is 47.4 Å². The molecule has 0 bridgehead atoms. The Balaban J connectivity index is 1.61. The third kappa shape index (κ3) is 3.66. The summed E-state index contributed by atoms with van der Waals surface area (Å²) in [4.78, 5) is 5.46. The highest BCUT2D eigenvalue weighted by molar-refractivity contribution is 5.73. The number of nitrogens with zero attached hydrogens (tertiary/aromatic N) is 1. The molecule has 0 saturated heterocycles. The van der Waals surface area contributed by atoms with Crippen molar-refractivity contribution in [1.29, 1.82) is 0 Å². The molecule has 0 aliphatic heterocycles. The molecule has 1 aromatic heterocycles. The highest BCUT2D eigenvalue weighted by Crippen LogP contribution is 2.55. The zero-order chi connectivity index (χ0) is 27.2. The molecule has 40 heavy (non-hydrogen) atoms. The van der Waals surface area contributed by atoms with Gasteiger partial charge in [-0.15, -0.1) is 0 Å². The maximum absolute atomic E-state index is 5.46. The van der Waals surface area contributed by atoms with E-state index in [1.807, 2.05) is 0 Å². The van der Waals surface area contributed by atoms with E-state index in [-0.39, 0.29) is 5.41 Å². The van der Waals surface area contributed by atoms with Crippen molar-refractivity contribution in [2.24, 2.45) is 0 Å². The van der Waals surface area contributed by atoms with Crippen LogP contribution in [0.5, 0.6) is 0 Å². The zero-order valence-electron chi connectivity index (χ0n) is 22.9. The molecule has 0 spiro atoms. The molecule has 1 heterocycles. The summed E-state index contributed by atoms with van der Waals surface area (Å²) in [5, 5.41) is 0. The topological polar surface area (TPSA) is 12.9 Å². The molecular weight excluding hydrogens is 482 g/mol. The van der Waals surface area contributed by atoms with Gasteiger partial charge in [0.1, 0.15) is 0 Å². The molecule has 0 unspecified atom stereocenters. The molecule has 0 saturated carbocycles. The summed E-state index contributed by atoms with van der Waals surface area (Å²) in [6, 6.07) is 54.7. The van der Waals surface area contributed by atoms with Crippen molar-refractivity contribution in [2.45, 2.75) is 24.7 Å². The second kappa shape index (κ2) is 9.47. The van der Waals surface area contributed by atoms with E-state index in [2.05, 4.69) is 166 Å². The van der Waals surface area contributed by atoms with Crippen molar-refractivity contribution < 1.29 is 0 Å². The summed E-state index contributed by atoms with van der Waals surface area (Å²) in [6.45, 7) is 4.70.